The number of benzene rings is 1. The lowest BCUT2D eigenvalue weighted by Crippen LogP contribution is -2.20. The molecule has 1 atom stereocenters. The average molecular weight is 213 g/mol. The summed E-state index contributed by atoms with van der Waals surface area (Å²) in [6.07, 6.45) is 0. The van der Waals surface area contributed by atoms with E-state index in [0.29, 0.717) is 17.1 Å². The molecule has 0 aliphatic carbocycles. The highest BCUT2D eigenvalue weighted by Gasteiger charge is 2.13. The standard InChI is InChI=1S/C10H10ClFN2/c1-2-14-10(6-13)8-4-3-7(11)5-9(8)12/h3-5,10,14H,2H2,1H3. The third-order valence-electron chi connectivity index (χ3n) is 1.81. The molecule has 0 fully saturated rings. The van der Waals surface area contributed by atoms with Crippen molar-refractivity contribution >= 4 is 11.6 Å². The fourth-order valence-electron chi connectivity index (χ4n) is 1.16. The first-order valence-electron chi connectivity index (χ1n) is 4.27. The van der Waals surface area contributed by atoms with Gasteiger partial charge in [0, 0.05) is 10.6 Å². The van der Waals surface area contributed by atoms with E-state index < -0.39 is 11.9 Å². The lowest BCUT2D eigenvalue weighted by atomic mass is 10.1. The first-order chi connectivity index (χ1) is 6.69. The molecule has 1 unspecified atom stereocenters. The monoisotopic (exact) mass is 212 g/mol. The van der Waals surface area contributed by atoms with Crippen LogP contribution in [0.25, 0.3) is 0 Å². The number of halogens is 2. The number of nitrogens with one attached hydrogen (secondary N) is 1. The van der Waals surface area contributed by atoms with Gasteiger partial charge in [0.15, 0.2) is 0 Å². The lowest BCUT2D eigenvalue weighted by molar-refractivity contribution is 0.571. The second kappa shape index (κ2) is 4.94. The Morgan fingerprint density at radius 1 is 1.64 bits per heavy atom. The molecule has 1 rings (SSSR count). The summed E-state index contributed by atoms with van der Waals surface area (Å²) in [5, 5.41) is 12.0. The first-order valence-corrected chi connectivity index (χ1v) is 4.64. The third-order valence-corrected chi connectivity index (χ3v) is 2.05. The maximum atomic E-state index is 13.3. The van der Waals surface area contributed by atoms with E-state index in [-0.39, 0.29) is 0 Å². The fraction of sp³-hybridized carbons (Fsp3) is 0.300. The smallest absolute Gasteiger partial charge is 0.130 e. The minimum Gasteiger partial charge on any atom is -0.298 e. The SMILES string of the molecule is CCNC(C#N)c1ccc(Cl)cc1F. The maximum Gasteiger partial charge on any atom is 0.130 e. The molecule has 0 aliphatic heterocycles. The summed E-state index contributed by atoms with van der Waals surface area (Å²) < 4.78 is 13.3. The van der Waals surface area contributed by atoms with Crippen LogP contribution in [0, 0.1) is 17.1 Å². The van der Waals surface area contributed by atoms with E-state index in [4.69, 9.17) is 16.9 Å². The largest absolute Gasteiger partial charge is 0.298 e. The predicted octanol–water partition coefficient (Wildman–Crippen LogP) is 2.65. The van der Waals surface area contributed by atoms with Crippen LogP contribution >= 0.6 is 11.6 Å². The topological polar surface area (TPSA) is 35.8 Å². The van der Waals surface area contributed by atoms with Crippen LogP contribution in [0.5, 0.6) is 0 Å². The number of nitrogens with zero attached hydrogens (tertiary/aromatic N) is 1. The highest BCUT2D eigenvalue weighted by atomic mass is 35.5. The van der Waals surface area contributed by atoms with Crippen molar-refractivity contribution < 1.29 is 4.39 Å². The van der Waals surface area contributed by atoms with Crippen LogP contribution in [0.15, 0.2) is 18.2 Å². The van der Waals surface area contributed by atoms with Crippen LogP contribution in [0.4, 0.5) is 4.39 Å². The maximum absolute atomic E-state index is 13.3. The summed E-state index contributed by atoms with van der Waals surface area (Å²) >= 11 is 5.60. The molecule has 0 saturated carbocycles. The van der Waals surface area contributed by atoms with Crippen LogP contribution in [0.3, 0.4) is 0 Å². The summed E-state index contributed by atoms with van der Waals surface area (Å²) in [5.74, 6) is -0.454. The molecule has 0 radical (unpaired) electrons. The van der Waals surface area contributed by atoms with E-state index in [1.165, 1.54) is 12.1 Å². The van der Waals surface area contributed by atoms with Gasteiger partial charge in [0.2, 0.25) is 0 Å². The Morgan fingerprint density at radius 3 is 2.86 bits per heavy atom. The quantitative estimate of drug-likeness (QED) is 0.836. The Balaban J connectivity index is 3.00. The summed E-state index contributed by atoms with van der Waals surface area (Å²) in [6.45, 7) is 2.47. The van der Waals surface area contributed by atoms with Crippen molar-refractivity contribution in [3.63, 3.8) is 0 Å². The van der Waals surface area contributed by atoms with E-state index in [9.17, 15) is 4.39 Å². The molecule has 0 bridgehead atoms. The van der Waals surface area contributed by atoms with Gasteiger partial charge in [-0.05, 0) is 18.7 Å². The van der Waals surface area contributed by atoms with Gasteiger partial charge in [-0.1, -0.05) is 24.6 Å². The Morgan fingerprint density at radius 2 is 2.36 bits per heavy atom. The van der Waals surface area contributed by atoms with Crippen molar-refractivity contribution in [2.45, 2.75) is 13.0 Å². The molecule has 74 valence electrons. The highest BCUT2D eigenvalue weighted by molar-refractivity contribution is 6.30. The van der Waals surface area contributed by atoms with Gasteiger partial charge in [-0.15, -0.1) is 0 Å². The fourth-order valence-corrected chi connectivity index (χ4v) is 1.32. The minimum atomic E-state index is -0.614. The number of rotatable bonds is 3. The molecule has 4 heteroatoms. The molecular weight excluding hydrogens is 203 g/mol. The second-order valence-corrected chi connectivity index (χ2v) is 3.22. The van der Waals surface area contributed by atoms with Crippen LogP contribution in [-0.4, -0.2) is 6.54 Å². The molecule has 0 heterocycles. The van der Waals surface area contributed by atoms with E-state index >= 15 is 0 Å². The molecule has 1 N–H and O–H groups in total. The summed E-state index contributed by atoms with van der Waals surface area (Å²) in [7, 11) is 0. The summed E-state index contributed by atoms with van der Waals surface area (Å²) in [4.78, 5) is 0. The molecular formula is C10H10ClFN2. The molecule has 0 amide bonds. The summed E-state index contributed by atoms with van der Waals surface area (Å²) in [5.41, 5.74) is 0.332. The molecule has 1 aromatic rings. The van der Waals surface area contributed by atoms with Crippen molar-refractivity contribution in [3.8, 4) is 6.07 Å². The van der Waals surface area contributed by atoms with Crippen molar-refractivity contribution in [2.75, 3.05) is 6.54 Å². The molecule has 14 heavy (non-hydrogen) atoms. The van der Waals surface area contributed by atoms with Gasteiger partial charge >= 0.3 is 0 Å². The Kier molecular flexibility index (Phi) is 3.87. The van der Waals surface area contributed by atoms with Crippen molar-refractivity contribution in [3.05, 3.63) is 34.6 Å². The van der Waals surface area contributed by atoms with Crippen molar-refractivity contribution in [1.29, 1.82) is 5.26 Å². The zero-order valence-corrected chi connectivity index (χ0v) is 8.48. The van der Waals surface area contributed by atoms with Crippen molar-refractivity contribution in [2.24, 2.45) is 0 Å². The Hall–Kier alpha value is -1.11. The third kappa shape index (κ3) is 2.44. The van der Waals surface area contributed by atoms with Gasteiger partial charge < -0.3 is 0 Å². The van der Waals surface area contributed by atoms with Gasteiger partial charge in [0.05, 0.1) is 6.07 Å². The van der Waals surface area contributed by atoms with Crippen LogP contribution < -0.4 is 5.32 Å². The zero-order chi connectivity index (χ0) is 10.6. The van der Waals surface area contributed by atoms with Crippen LogP contribution in [0.1, 0.15) is 18.5 Å². The van der Waals surface area contributed by atoms with Gasteiger partial charge in [0.1, 0.15) is 11.9 Å². The molecule has 0 aliphatic rings. The van der Waals surface area contributed by atoms with Crippen LogP contribution in [0.2, 0.25) is 5.02 Å². The number of nitriles is 1. The molecule has 1 aromatic carbocycles. The van der Waals surface area contributed by atoms with Gasteiger partial charge in [-0.25, -0.2) is 4.39 Å². The Labute approximate surface area is 87.3 Å². The zero-order valence-electron chi connectivity index (χ0n) is 7.72. The normalized spacial score (nSPS) is 12.1. The average Bonchev–Trinajstić information content (AvgIpc) is 2.15. The molecule has 0 aromatic heterocycles. The van der Waals surface area contributed by atoms with E-state index in [1.807, 2.05) is 13.0 Å². The van der Waals surface area contributed by atoms with Gasteiger partial charge in [0.25, 0.3) is 0 Å². The molecule has 0 saturated heterocycles. The van der Waals surface area contributed by atoms with E-state index in [2.05, 4.69) is 5.32 Å². The molecule has 0 spiro atoms. The van der Waals surface area contributed by atoms with E-state index in [1.54, 1.807) is 6.07 Å². The van der Waals surface area contributed by atoms with Gasteiger partial charge in [-0.3, -0.25) is 5.32 Å². The number of hydrogen-bond acceptors (Lipinski definition) is 2. The second-order valence-electron chi connectivity index (χ2n) is 2.79. The van der Waals surface area contributed by atoms with Crippen LogP contribution in [-0.2, 0) is 0 Å². The first kappa shape index (κ1) is 11.0. The lowest BCUT2D eigenvalue weighted by Gasteiger charge is -2.10. The predicted molar refractivity (Wildman–Crippen MR) is 53.4 cm³/mol. The van der Waals surface area contributed by atoms with E-state index in [0.717, 1.165) is 0 Å². The molecule has 2 nitrogen and oxygen atoms in total. The van der Waals surface area contributed by atoms with Gasteiger partial charge in [-0.2, -0.15) is 5.26 Å². The number of hydrogen-bond donors (Lipinski definition) is 1. The Bertz CT molecular complexity index is 360. The minimum absolute atomic E-state index is 0.332. The highest BCUT2D eigenvalue weighted by Crippen LogP contribution is 2.20. The summed E-state index contributed by atoms with van der Waals surface area (Å²) in [6, 6.07) is 5.67. The van der Waals surface area contributed by atoms with Crippen molar-refractivity contribution in [1.82, 2.24) is 5.32 Å².